The van der Waals surface area contributed by atoms with Crippen molar-refractivity contribution in [3.8, 4) is 0 Å². The van der Waals surface area contributed by atoms with Crippen LogP contribution in [0.2, 0.25) is 0 Å². The van der Waals surface area contributed by atoms with Crippen molar-refractivity contribution >= 4 is 5.78 Å². The fourth-order valence-electron chi connectivity index (χ4n) is 2.21. The molecule has 16 heavy (non-hydrogen) atoms. The van der Waals surface area contributed by atoms with Crippen molar-refractivity contribution in [2.24, 2.45) is 11.3 Å². The Kier molecular flexibility index (Phi) is 4.05. The number of aliphatic hydroxyl groups is 2. The van der Waals surface area contributed by atoms with Gasteiger partial charge in [0, 0.05) is 12.3 Å². The van der Waals surface area contributed by atoms with Crippen LogP contribution in [-0.4, -0.2) is 28.7 Å². The summed E-state index contributed by atoms with van der Waals surface area (Å²) in [6.45, 7) is 5.58. The largest absolute Gasteiger partial charge is 0.392 e. The normalized spacial score (nSPS) is 26.9. The Morgan fingerprint density at radius 3 is 2.75 bits per heavy atom. The third-order valence-corrected chi connectivity index (χ3v) is 2.98. The summed E-state index contributed by atoms with van der Waals surface area (Å²) in [6.07, 6.45) is 5.09. The number of hydrogen-bond donors (Lipinski definition) is 2. The van der Waals surface area contributed by atoms with Gasteiger partial charge in [-0.2, -0.15) is 0 Å². The van der Waals surface area contributed by atoms with Crippen LogP contribution in [0.15, 0.2) is 23.8 Å². The molecule has 0 aromatic carbocycles. The van der Waals surface area contributed by atoms with Gasteiger partial charge in [-0.15, -0.1) is 0 Å². The molecule has 0 bridgehead atoms. The number of rotatable bonds is 3. The molecular weight excluding hydrogens is 204 g/mol. The van der Waals surface area contributed by atoms with Gasteiger partial charge in [0.15, 0.2) is 5.78 Å². The Hall–Kier alpha value is -0.930. The molecule has 3 heteroatoms. The zero-order valence-corrected chi connectivity index (χ0v) is 10.1. The highest BCUT2D eigenvalue weighted by Crippen LogP contribution is 2.40. The Labute approximate surface area is 96.5 Å². The number of carbonyl (C=O) groups is 1. The van der Waals surface area contributed by atoms with Crippen molar-refractivity contribution in [2.75, 3.05) is 6.61 Å². The van der Waals surface area contributed by atoms with Gasteiger partial charge in [0.1, 0.15) is 0 Å². The van der Waals surface area contributed by atoms with Crippen LogP contribution in [0.3, 0.4) is 0 Å². The van der Waals surface area contributed by atoms with E-state index >= 15 is 0 Å². The highest BCUT2D eigenvalue weighted by molar-refractivity contribution is 5.92. The number of allylic oxidation sites excluding steroid dienone is 2. The van der Waals surface area contributed by atoms with Gasteiger partial charge >= 0.3 is 0 Å². The van der Waals surface area contributed by atoms with Gasteiger partial charge in [-0.25, -0.2) is 0 Å². The van der Waals surface area contributed by atoms with Crippen molar-refractivity contribution < 1.29 is 15.0 Å². The molecular formula is C13H20O3. The minimum absolute atomic E-state index is 0.0183. The van der Waals surface area contributed by atoms with E-state index < -0.39 is 6.10 Å². The Balaban J connectivity index is 3.00. The van der Waals surface area contributed by atoms with E-state index in [-0.39, 0.29) is 23.7 Å². The van der Waals surface area contributed by atoms with E-state index in [1.165, 1.54) is 6.08 Å². The van der Waals surface area contributed by atoms with Crippen LogP contribution in [0.5, 0.6) is 0 Å². The molecule has 3 nitrogen and oxygen atoms in total. The number of aliphatic hydroxyl groups excluding tert-OH is 2. The zero-order chi connectivity index (χ0) is 12.3. The quantitative estimate of drug-likeness (QED) is 0.713. The molecule has 90 valence electrons. The highest BCUT2D eigenvalue weighted by atomic mass is 16.3. The van der Waals surface area contributed by atoms with Crippen LogP contribution in [0, 0.1) is 11.3 Å². The van der Waals surface area contributed by atoms with Gasteiger partial charge in [-0.3, -0.25) is 4.79 Å². The van der Waals surface area contributed by atoms with Crippen LogP contribution in [0.25, 0.3) is 0 Å². The lowest BCUT2D eigenvalue weighted by atomic mass is 9.68. The topological polar surface area (TPSA) is 57.5 Å². The molecule has 0 unspecified atom stereocenters. The van der Waals surface area contributed by atoms with E-state index in [4.69, 9.17) is 0 Å². The average Bonchev–Trinajstić information content (AvgIpc) is 2.13. The smallest absolute Gasteiger partial charge is 0.156 e. The van der Waals surface area contributed by atoms with Crippen LogP contribution < -0.4 is 0 Å². The van der Waals surface area contributed by atoms with Gasteiger partial charge in [0.05, 0.1) is 12.7 Å². The minimum Gasteiger partial charge on any atom is -0.392 e. The number of hydrogen-bond acceptors (Lipinski definition) is 3. The first-order valence-corrected chi connectivity index (χ1v) is 5.57. The van der Waals surface area contributed by atoms with E-state index in [1.807, 2.05) is 19.9 Å². The second-order valence-corrected chi connectivity index (χ2v) is 5.11. The Morgan fingerprint density at radius 1 is 1.62 bits per heavy atom. The maximum atomic E-state index is 11.5. The average molecular weight is 224 g/mol. The predicted octanol–water partition coefficient (Wildman–Crippen LogP) is 1.46. The second kappa shape index (κ2) is 4.93. The van der Waals surface area contributed by atoms with Crippen molar-refractivity contribution in [2.45, 2.75) is 33.3 Å². The molecule has 2 N–H and O–H groups in total. The van der Waals surface area contributed by atoms with E-state index in [9.17, 15) is 15.0 Å². The molecule has 1 aliphatic rings. The molecule has 0 radical (unpaired) electrons. The first-order chi connectivity index (χ1) is 7.36. The first kappa shape index (κ1) is 13.1. The van der Waals surface area contributed by atoms with Gasteiger partial charge in [0.25, 0.3) is 0 Å². The summed E-state index contributed by atoms with van der Waals surface area (Å²) in [7, 11) is 0. The number of carbonyl (C=O) groups excluding carboxylic acids is 1. The molecule has 0 aromatic heterocycles. The summed E-state index contributed by atoms with van der Waals surface area (Å²) in [4.78, 5) is 11.5. The molecule has 0 spiro atoms. The summed E-state index contributed by atoms with van der Waals surface area (Å²) in [5, 5.41) is 18.5. The molecule has 1 aliphatic carbocycles. The second-order valence-electron chi connectivity index (χ2n) is 5.11. The molecule has 0 amide bonds. The van der Waals surface area contributed by atoms with Crippen LogP contribution in [0.4, 0.5) is 0 Å². The maximum absolute atomic E-state index is 11.5. The fourth-order valence-corrected chi connectivity index (χ4v) is 2.21. The van der Waals surface area contributed by atoms with E-state index in [0.29, 0.717) is 6.42 Å². The minimum atomic E-state index is -0.506. The van der Waals surface area contributed by atoms with Gasteiger partial charge in [-0.05, 0) is 24.0 Å². The van der Waals surface area contributed by atoms with E-state index in [2.05, 4.69) is 0 Å². The van der Waals surface area contributed by atoms with Gasteiger partial charge in [-0.1, -0.05) is 26.0 Å². The number of ketones is 1. The van der Waals surface area contributed by atoms with Crippen LogP contribution in [0.1, 0.15) is 27.2 Å². The Morgan fingerprint density at radius 2 is 2.25 bits per heavy atom. The molecule has 1 rings (SSSR count). The van der Waals surface area contributed by atoms with Gasteiger partial charge in [0.2, 0.25) is 0 Å². The van der Waals surface area contributed by atoms with E-state index in [1.54, 1.807) is 13.0 Å². The van der Waals surface area contributed by atoms with Crippen LogP contribution >= 0.6 is 0 Å². The van der Waals surface area contributed by atoms with Crippen LogP contribution in [-0.2, 0) is 4.79 Å². The molecule has 0 heterocycles. The summed E-state index contributed by atoms with van der Waals surface area (Å²) in [6, 6.07) is 0. The summed E-state index contributed by atoms with van der Waals surface area (Å²) < 4.78 is 0. The summed E-state index contributed by atoms with van der Waals surface area (Å²) in [5.41, 5.74) is 0.535. The SMILES string of the molecule is C[C@@H](O)C=C[C@H]1C(CO)=CC(=O)CC1(C)C. The Bertz CT molecular complexity index is 324. The van der Waals surface area contributed by atoms with Crippen molar-refractivity contribution in [3.63, 3.8) is 0 Å². The van der Waals surface area contributed by atoms with Crippen molar-refractivity contribution in [1.82, 2.24) is 0 Å². The maximum Gasteiger partial charge on any atom is 0.156 e. The first-order valence-electron chi connectivity index (χ1n) is 5.57. The molecule has 2 atom stereocenters. The van der Waals surface area contributed by atoms with Crippen molar-refractivity contribution in [3.05, 3.63) is 23.8 Å². The molecule has 0 aromatic rings. The van der Waals surface area contributed by atoms with E-state index in [0.717, 1.165) is 5.57 Å². The third-order valence-electron chi connectivity index (χ3n) is 2.98. The molecule has 0 saturated heterocycles. The molecule has 0 fully saturated rings. The zero-order valence-electron chi connectivity index (χ0n) is 10.1. The lowest BCUT2D eigenvalue weighted by Crippen LogP contribution is -2.32. The molecule has 0 saturated carbocycles. The lowest BCUT2D eigenvalue weighted by molar-refractivity contribution is -0.117. The third kappa shape index (κ3) is 3.03. The predicted molar refractivity (Wildman–Crippen MR) is 62.9 cm³/mol. The highest BCUT2D eigenvalue weighted by Gasteiger charge is 2.35. The fraction of sp³-hybridized carbons (Fsp3) is 0.615. The van der Waals surface area contributed by atoms with Crippen molar-refractivity contribution in [1.29, 1.82) is 0 Å². The summed E-state index contributed by atoms with van der Waals surface area (Å²) in [5.74, 6) is 0.0838. The standard InChI is InChI=1S/C13H20O3/c1-9(15)4-5-12-10(8-14)6-11(16)7-13(12,2)3/h4-6,9,12,14-15H,7-8H2,1-3H3/t9-,12+/m1/s1. The summed E-state index contributed by atoms with van der Waals surface area (Å²) >= 11 is 0. The van der Waals surface area contributed by atoms with Gasteiger partial charge < -0.3 is 10.2 Å². The monoisotopic (exact) mass is 224 g/mol. The molecule has 0 aliphatic heterocycles. The lowest BCUT2D eigenvalue weighted by Gasteiger charge is -2.36.